The first-order valence-electron chi connectivity index (χ1n) is 7.81. The number of hydrogen-bond donors (Lipinski definition) is 0. The number of fused-ring (bicyclic) bond motifs is 1. The maximum Gasteiger partial charge on any atom is 0.276 e. The number of aromatic nitrogens is 1. The van der Waals surface area contributed by atoms with Crippen molar-refractivity contribution in [3.05, 3.63) is 17.0 Å². The van der Waals surface area contributed by atoms with Crippen LogP contribution in [0.3, 0.4) is 0 Å². The second kappa shape index (κ2) is 5.67. The molecule has 1 unspecified atom stereocenters. The third-order valence-electron chi connectivity index (χ3n) is 4.77. The van der Waals surface area contributed by atoms with E-state index in [4.69, 9.17) is 4.52 Å². The quantitative estimate of drug-likeness (QED) is 0.800. The largest absolute Gasteiger partial charge is 0.360 e. The summed E-state index contributed by atoms with van der Waals surface area (Å²) in [5.41, 5.74) is 1.91. The number of nitrogens with zero attached hydrogens (tertiary/aromatic N) is 2. The van der Waals surface area contributed by atoms with Gasteiger partial charge in [-0.3, -0.25) is 4.79 Å². The molecular formula is C16H24N2O2S. The van der Waals surface area contributed by atoms with Gasteiger partial charge in [-0.15, -0.1) is 0 Å². The third-order valence-corrected chi connectivity index (χ3v) is 5.71. The molecule has 1 aromatic rings. The summed E-state index contributed by atoms with van der Waals surface area (Å²) in [5, 5.41) is 4.12. The Morgan fingerprint density at radius 1 is 1.33 bits per heavy atom. The minimum atomic E-state index is 0.0647. The van der Waals surface area contributed by atoms with Gasteiger partial charge in [0.05, 0.1) is 0 Å². The summed E-state index contributed by atoms with van der Waals surface area (Å²) < 4.78 is 5.46. The minimum Gasteiger partial charge on any atom is -0.360 e. The Kier molecular flexibility index (Phi) is 4.04. The number of rotatable bonds is 1. The van der Waals surface area contributed by atoms with E-state index in [0.717, 1.165) is 55.2 Å². The van der Waals surface area contributed by atoms with E-state index in [1.54, 1.807) is 0 Å². The maximum absolute atomic E-state index is 12.7. The zero-order valence-corrected chi connectivity index (χ0v) is 14.0. The first-order chi connectivity index (χ1) is 9.97. The van der Waals surface area contributed by atoms with Gasteiger partial charge in [-0.25, -0.2) is 0 Å². The number of aryl methyl sites for hydroxylation is 1. The molecule has 1 atom stereocenters. The topological polar surface area (TPSA) is 46.3 Å². The van der Waals surface area contributed by atoms with Gasteiger partial charge >= 0.3 is 0 Å². The maximum atomic E-state index is 12.7. The predicted molar refractivity (Wildman–Crippen MR) is 84.7 cm³/mol. The van der Waals surface area contributed by atoms with Crippen LogP contribution in [0.5, 0.6) is 0 Å². The Hall–Kier alpha value is -0.970. The second-order valence-electron chi connectivity index (χ2n) is 7.14. The molecule has 3 rings (SSSR count). The van der Waals surface area contributed by atoms with Crippen LogP contribution < -0.4 is 0 Å². The van der Waals surface area contributed by atoms with Crippen molar-refractivity contribution in [1.82, 2.24) is 10.1 Å². The van der Waals surface area contributed by atoms with E-state index in [-0.39, 0.29) is 11.3 Å². The van der Waals surface area contributed by atoms with Gasteiger partial charge in [0.2, 0.25) is 0 Å². The molecule has 5 heteroatoms. The van der Waals surface area contributed by atoms with Gasteiger partial charge in [-0.05, 0) is 24.2 Å². The van der Waals surface area contributed by atoms with Crippen LogP contribution in [0, 0.1) is 11.3 Å². The van der Waals surface area contributed by atoms with Crippen molar-refractivity contribution >= 4 is 17.7 Å². The molecule has 1 fully saturated rings. The number of carbonyl (C=O) groups is 1. The minimum absolute atomic E-state index is 0.0647. The molecule has 1 aromatic heterocycles. The summed E-state index contributed by atoms with van der Waals surface area (Å²) in [6.07, 6.45) is 2.96. The summed E-state index contributed by atoms with van der Waals surface area (Å²) >= 11 is 1.91. The first-order valence-corrected chi connectivity index (χ1v) is 8.96. The van der Waals surface area contributed by atoms with Crippen molar-refractivity contribution in [2.24, 2.45) is 11.3 Å². The summed E-state index contributed by atoms with van der Waals surface area (Å²) in [6, 6.07) is 0. The monoisotopic (exact) mass is 308 g/mol. The Morgan fingerprint density at radius 2 is 2.05 bits per heavy atom. The fourth-order valence-electron chi connectivity index (χ4n) is 3.23. The standard InChI is InChI=1S/C16H24N2O2S/c1-16(2,3)11-4-5-13-12(10-11)14(17-20-13)15(19)18-6-8-21-9-7-18/h11H,4-10H2,1-3H3. The molecule has 21 heavy (non-hydrogen) atoms. The lowest BCUT2D eigenvalue weighted by Crippen LogP contribution is -2.39. The predicted octanol–water partition coefficient (Wildman–Crippen LogP) is 3.01. The molecule has 1 saturated heterocycles. The third kappa shape index (κ3) is 2.98. The van der Waals surface area contributed by atoms with Crippen molar-refractivity contribution in [2.45, 2.75) is 40.0 Å². The Balaban J connectivity index is 1.82. The highest BCUT2D eigenvalue weighted by Gasteiger charge is 2.35. The van der Waals surface area contributed by atoms with Crippen molar-refractivity contribution in [2.75, 3.05) is 24.6 Å². The van der Waals surface area contributed by atoms with Crippen molar-refractivity contribution in [1.29, 1.82) is 0 Å². The van der Waals surface area contributed by atoms with Gasteiger partial charge in [0.15, 0.2) is 5.69 Å². The van der Waals surface area contributed by atoms with Crippen LogP contribution in [0.15, 0.2) is 4.52 Å². The van der Waals surface area contributed by atoms with E-state index < -0.39 is 0 Å². The Bertz CT molecular complexity index is 527. The summed E-state index contributed by atoms with van der Waals surface area (Å²) in [4.78, 5) is 14.6. The van der Waals surface area contributed by atoms with Crippen LogP contribution in [0.1, 0.15) is 49.0 Å². The van der Waals surface area contributed by atoms with E-state index in [0.29, 0.717) is 11.6 Å². The summed E-state index contributed by atoms with van der Waals surface area (Å²) in [5.74, 6) is 3.64. The van der Waals surface area contributed by atoms with E-state index in [2.05, 4.69) is 25.9 Å². The summed E-state index contributed by atoms with van der Waals surface area (Å²) in [7, 11) is 0. The molecular weight excluding hydrogens is 284 g/mol. The van der Waals surface area contributed by atoms with Crippen molar-refractivity contribution in [3.8, 4) is 0 Å². The molecule has 116 valence electrons. The van der Waals surface area contributed by atoms with Crippen LogP contribution in [-0.4, -0.2) is 40.6 Å². The average molecular weight is 308 g/mol. The molecule has 1 aliphatic heterocycles. The molecule has 1 aliphatic carbocycles. The molecule has 0 bridgehead atoms. The lowest BCUT2D eigenvalue weighted by Gasteiger charge is -2.33. The van der Waals surface area contributed by atoms with Crippen LogP contribution in [-0.2, 0) is 12.8 Å². The van der Waals surface area contributed by atoms with Crippen LogP contribution in [0.4, 0.5) is 0 Å². The average Bonchev–Trinajstić information content (AvgIpc) is 2.89. The summed E-state index contributed by atoms with van der Waals surface area (Å²) in [6.45, 7) is 8.49. The lowest BCUT2D eigenvalue weighted by atomic mass is 9.71. The SMILES string of the molecule is CC(C)(C)C1CCc2onc(C(=O)N3CCSCC3)c2C1. The molecule has 2 heterocycles. The fraction of sp³-hybridized carbons (Fsp3) is 0.750. The molecule has 0 spiro atoms. The molecule has 2 aliphatic rings. The van der Waals surface area contributed by atoms with Gasteiger partial charge in [0, 0.05) is 36.6 Å². The Labute approximate surface area is 130 Å². The van der Waals surface area contributed by atoms with Crippen molar-refractivity contribution in [3.63, 3.8) is 0 Å². The molecule has 1 amide bonds. The molecule has 0 aromatic carbocycles. The molecule has 4 nitrogen and oxygen atoms in total. The van der Waals surface area contributed by atoms with Gasteiger partial charge < -0.3 is 9.42 Å². The zero-order chi connectivity index (χ0) is 15.0. The normalized spacial score (nSPS) is 23.0. The van der Waals surface area contributed by atoms with Gasteiger partial charge in [0.1, 0.15) is 5.76 Å². The highest BCUT2D eigenvalue weighted by atomic mass is 32.2. The van der Waals surface area contributed by atoms with Gasteiger partial charge in [-0.2, -0.15) is 11.8 Å². The smallest absolute Gasteiger partial charge is 0.276 e. The first kappa shape index (κ1) is 14.9. The van der Waals surface area contributed by atoms with E-state index in [1.165, 1.54) is 0 Å². The molecule has 0 N–H and O–H groups in total. The van der Waals surface area contributed by atoms with Crippen LogP contribution in [0.2, 0.25) is 0 Å². The van der Waals surface area contributed by atoms with Crippen LogP contribution >= 0.6 is 11.8 Å². The highest BCUT2D eigenvalue weighted by molar-refractivity contribution is 7.99. The van der Waals surface area contributed by atoms with Gasteiger partial charge in [0.25, 0.3) is 5.91 Å². The number of carbonyl (C=O) groups excluding carboxylic acids is 1. The zero-order valence-electron chi connectivity index (χ0n) is 13.1. The number of amides is 1. The van der Waals surface area contributed by atoms with Crippen molar-refractivity contribution < 1.29 is 9.32 Å². The van der Waals surface area contributed by atoms with Gasteiger partial charge in [-0.1, -0.05) is 25.9 Å². The van der Waals surface area contributed by atoms with E-state index in [1.807, 2.05) is 16.7 Å². The molecule has 0 saturated carbocycles. The highest BCUT2D eigenvalue weighted by Crippen LogP contribution is 2.38. The van der Waals surface area contributed by atoms with E-state index >= 15 is 0 Å². The fourth-order valence-corrected chi connectivity index (χ4v) is 4.13. The van der Waals surface area contributed by atoms with Crippen LogP contribution in [0.25, 0.3) is 0 Å². The van der Waals surface area contributed by atoms with E-state index in [9.17, 15) is 4.79 Å². The lowest BCUT2D eigenvalue weighted by molar-refractivity contribution is 0.0760. The molecule has 0 radical (unpaired) electrons. The Morgan fingerprint density at radius 3 is 2.71 bits per heavy atom. The second-order valence-corrected chi connectivity index (χ2v) is 8.37. The number of thioether (sulfide) groups is 1. The number of hydrogen-bond acceptors (Lipinski definition) is 4.